The van der Waals surface area contributed by atoms with Crippen LogP contribution in [0.1, 0.15) is 31.7 Å². The SMILES string of the molecule is COc1ccc(Br)c(CN2CCCCC2(C)C(=O)O)c1. The topological polar surface area (TPSA) is 49.8 Å². The predicted molar refractivity (Wildman–Crippen MR) is 81.0 cm³/mol. The van der Waals surface area contributed by atoms with Crippen LogP contribution in [0.25, 0.3) is 0 Å². The first kappa shape index (κ1) is 15.3. The number of halogens is 1. The van der Waals surface area contributed by atoms with Crippen molar-refractivity contribution in [2.45, 2.75) is 38.3 Å². The molecular weight excluding hydrogens is 322 g/mol. The second kappa shape index (κ2) is 6.14. The summed E-state index contributed by atoms with van der Waals surface area (Å²) in [7, 11) is 1.63. The van der Waals surface area contributed by atoms with E-state index < -0.39 is 11.5 Å². The normalized spacial score (nSPS) is 23.6. The number of methoxy groups -OCH3 is 1. The number of rotatable bonds is 4. The molecule has 1 aromatic rings. The van der Waals surface area contributed by atoms with Gasteiger partial charge in [0.05, 0.1) is 7.11 Å². The molecule has 1 aliphatic heterocycles. The summed E-state index contributed by atoms with van der Waals surface area (Å²) in [6.07, 6.45) is 2.72. The highest BCUT2D eigenvalue weighted by Gasteiger charge is 2.41. The van der Waals surface area contributed by atoms with Gasteiger partial charge in [-0.2, -0.15) is 0 Å². The van der Waals surface area contributed by atoms with Gasteiger partial charge in [-0.25, -0.2) is 0 Å². The Hall–Kier alpha value is -1.07. The Morgan fingerprint density at radius 3 is 2.90 bits per heavy atom. The predicted octanol–water partition coefficient (Wildman–Crippen LogP) is 3.29. The zero-order valence-electron chi connectivity index (χ0n) is 11.9. The highest BCUT2D eigenvalue weighted by molar-refractivity contribution is 9.10. The average Bonchev–Trinajstić information content (AvgIpc) is 2.43. The molecule has 1 unspecified atom stereocenters. The monoisotopic (exact) mass is 341 g/mol. The summed E-state index contributed by atoms with van der Waals surface area (Å²) in [6, 6.07) is 5.79. The number of aliphatic carboxylic acids is 1. The molecule has 5 heteroatoms. The Labute approximate surface area is 127 Å². The summed E-state index contributed by atoms with van der Waals surface area (Å²) in [5, 5.41) is 9.54. The molecule has 0 bridgehead atoms. The maximum atomic E-state index is 11.6. The molecule has 0 spiro atoms. The molecule has 0 amide bonds. The van der Waals surface area contributed by atoms with E-state index in [9.17, 15) is 9.90 Å². The van der Waals surface area contributed by atoms with Gasteiger partial charge in [0.25, 0.3) is 0 Å². The Bertz CT molecular complexity index is 506. The van der Waals surface area contributed by atoms with Crippen molar-refractivity contribution in [2.24, 2.45) is 0 Å². The van der Waals surface area contributed by atoms with Crippen LogP contribution in [-0.2, 0) is 11.3 Å². The number of nitrogens with zero attached hydrogens (tertiary/aromatic N) is 1. The molecule has 0 aromatic heterocycles. The third-order valence-electron chi connectivity index (χ3n) is 4.11. The lowest BCUT2D eigenvalue weighted by Crippen LogP contribution is -2.54. The van der Waals surface area contributed by atoms with Gasteiger partial charge in [-0.05, 0) is 56.5 Å². The smallest absolute Gasteiger partial charge is 0.323 e. The fraction of sp³-hybridized carbons (Fsp3) is 0.533. The van der Waals surface area contributed by atoms with Crippen molar-refractivity contribution in [1.29, 1.82) is 0 Å². The second-order valence-electron chi connectivity index (χ2n) is 5.42. The molecule has 2 rings (SSSR count). The largest absolute Gasteiger partial charge is 0.497 e. The first-order chi connectivity index (χ1) is 9.47. The molecule has 0 aliphatic carbocycles. The Kier molecular flexibility index (Phi) is 4.70. The fourth-order valence-electron chi connectivity index (χ4n) is 2.68. The van der Waals surface area contributed by atoms with Crippen LogP contribution < -0.4 is 4.74 Å². The van der Waals surface area contributed by atoms with Crippen LogP contribution in [0.4, 0.5) is 0 Å². The lowest BCUT2D eigenvalue weighted by molar-refractivity contribution is -0.153. The van der Waals surface area contributed by atoms with Gasteiger partial charge in [-0.1, -0.05) is 15.9 Å². The Morgan fingerprint density at radius 2 is 2.25 bits per heavy atom. The lowest BCUT2D eigenvalue weighted by atomic mass is 9.88. The van der Waals surface area contributed by atoms with Crippen LogP contribution in [0.15, 0.2) is 22.7 Å². The molecule has 0 saturated carbocycles. The molecule has 110 valence electrons. The molecular formula is C15H20BrNO3. The van der Waals surface area contributed by atoms with Crippen molar-refractivity contribution in [2.75, 3.05) is 13.7 Å². The van der Waals surface area contributed by atoms with Crippen molar-refractivity contribution in [3.05, 3.63) is 28.2 Å². The minimum absolute atomic E-state index is 0.612. The van der Waals surface area contributed by atoms with E-state index in [-0.39, 0.29) is 0 Å². The zero-order chi connectivity index (χ0) is 14.8. The molecule has 1 heterocycles. The van der Waals surface area contributed by atoms with Crippen molar-refractivity contribution in [1.82, 2.24) is 4.90 Å². The minimum Gasteiger partial charge on any atom is -0.497 e. The third-order valence-corrected chi connectivity index (χ3v) is 4.89. The van der Waals surface area contributed by atoms with E-state index >= 15 is 0 Å². The Morgan fingerprint density at radius 1 is 1.50 bits per heavy atom. The number of carbonyl (C=O) groups is 1. The number of carboxylic acid groups (broad SMARTS) is 1. The summed E-state index contributed by atoms with van der Waals surface area (Å²) in [5.74, 6) is 0.0495. The molecule has 1 atom stereocenters. The van der Waals surface area contributed by atoms with Gasteiger partial charge in [-0.15, -0.1) is 0 Å². The average molecular weight is 342 g/mol. The number of hydrogen-bond donors (Lipinski definition) is 1. The maximum Gasteiger partial charge on any atom is 0.323 e. The van der Waals surface area contributed by atoms with Crippen molar-refractivity contribution in [3.8, 4) is 5.75 Å². The van der Waals surface area contributed by atoms with Crippen molar-refractivity contribution >= 4 is 21.9 Å². The number of benzene rings is 1. The first-order valence-corrected chi connectivity index (χ1v) is 7.57. The number of hydrogen-bond acceptors (Lipinski definition) is 3. The van der Waals surface area contributed by atoms with E-state index in [0.717, 1.165) is 35.2 Å². The standard InChI is InChI=1S/C15H20BrNO3/c1-15(14(18)19)7-3-4-8-17(15)10-11-9-12(20-2)5-6-13(11)16/h5-6,9H,3-4,7-8,10H2,1-2H3,(H,18,19). The molecule has 0 radical (unpaired) electrons. The van der Waals surface area contributed by atoms with Crippen molar-refractivity contribution < 1.29 is 14.6 Å². The molecule has 20 heavy (non-hydrogen) atoms. The third kappa shape index (κ3) is 2.99. The van der Waals surface area contributed by atoms with Crippen LogP contribution in [0, 0.1) is 0 Å². The zero-order valence-corrected chi connectivity index (χ0v) is 13.4. The highest BCUT2D eigenvalue weighted by Crippen LogP contribution is 2.32. The number of carboxylic acids is 1. The van der Waals surface area contributed by atoms with Gasteiger partial charge in [0, 0.05) is 11.0 Å². The Balaban J connectivity index is 2.25. The van der Waals surface area contributed by atoms with Crippen molar-refractivity contribution in [3.63, 3.8) is 0 Å². The van der Waals surface area contributed by atoms with Gasteiger partial charge < -0.3 is 9.84 Å². The molecule has 1 aromatic carbocycles. The van der Waals surface area contributed by atoms with Crippen LogP contribution in [-0.4, -0.2) is 35.2 Å². The number of ether oxygens (including phenoxy) is 1. The van der Waals surface area contributed by atoms with E-state index in [2.05, 4.69) is 20.8 Å². The van der Waals surface area contributed by atoms with Crippen LogP contribution >= 0.6 is 15.9 Å². The first-order valence-electron chi connectivity index (χ1n) is 6.78. The van der Waals surface area contributed by atoms with E-state index in [1.807, 2.05) is 25.1 Å². The van der Waals surface area contributed by atoms with E-state index in [0.29, 0.717) is 13.0 Å². The lowest BCUT2D eigenvalue weighted by Gasteiger charge is -2.41. The summed E-state index contributed by atoms with van der Waals surface area (Å²) < 4.78 is 6.23. The maximum absolute atomic E-state index is 11.6. The quantitative estimate of drug-likeness (QED) is 0.912. The summed E-state index contributed by atoms with van der Waals surface area (Å²) in [5.41, 5.74) is 0.277. The highest BCUT2D eigenvalue weighted by atomic mass is 79.9. The molecule has 1 N–H and O–H groups in total. The summed E-state index contributed by atoms with van der Waals surface area (Å²) >= 11 is 3.53. The molecule has 1 fully saturated rings. The number of likely N-dealkylation sites (tertiary alicyclic amines) is 1. The fourth-order valence-corrected chi connectivity index (χ4v) is 3.05. The van der Waals surface area contributed by atoms with Gasteiger partial charge in [0.2, 0.25) is 0 Å². The summed E-state index contributed by atoms with van der Waals surface area (Å²) in [6.45, 7) is 3.25. The van der Waals surface area contributed by atoms with Gasteiger partial charge in [-0.3, -0.25) is 9.69 Å². The van der Waals surface area contributed by atoms with Gasteiger partial charge in [0.1, 0.15) is 11.3 Å². The van der Waals surface area contributed by atoms with Gasteiger partial charge >= 0.3 is 5.97 Å². The molecule has 1 saturated heterocycles. The van der Waals surface area contributed by atoms with Crippen LogP contribution in [0.3, 0.4) is 0 Å². The minimum atomic E-state index is -0.777. The summed E-state index contributed by atoms with van der Waals surface area (Å²) in [4.78, 5) is 13.7. The van der Waals surface area contributed by atoms with Crippen LogP contribution in [0.2, 0.25) is 0 Å². The van der Waals surface area contributed by atoms with Gasteiger partial charge in [0.15, 0.2) is 0 Å². The van der Waals surface area contributed by atoms with E-state index in [1.165, 1.54) is 0 Å². The molecule has 4 nitrogen and oxygen atoms in total. The molecule has 1 aliphatic rings. The van der Waals surface area contributed by atoms with E-state index in [4.69, 9.17) is 4.74 Å². The van der Waals surface area contributed by atoms with E-state index in [1.54, 1.807) is 7.11 Å². The second-order valence-corrected chi connectivity index (χ2v) is 6.27. The van der Waals surface area contributed by atoms with Crippen LogP contribution in [0.5, 0.6) is 5.75 Å². The number of piperidine rings is 1.